The van der Waals surface area contributed by atoms with E-state index in [4.69, 9.17) is 0 Å². The van der Waals surface area contributed by atoms with E-state index in [1.54, 1.807) is 0 Å². The van der Waals surface area contributed by atoms with Gasteiger partial charge in [-0.2, -0.15) is 0 Å². The molecule has 1 aromatic carbocycles. The van der Waals surface area contributed by atoms with Gasteiger partial charge in [-0.25, -0.2) is 4.79 Å². The highest BCUT2D eigenvalue weighted by Gasteiger charge is 2.22. The zero-order valence-corrected chi connectivity index (χ0v) is 8.47. The van der Waals surface area contributed by atoms with E-state index in [1.165, 1.54) is 30.3 Å². The Morgan fingerprint density at radius 3 is 2.24 bits per heavy atom. The molecule has 0 unspecified atom stereocenters. The van der Waals surface area contributed by atoms with Gasteiger partial charge in [-0.1, -0.05) is 0 Å². The van der Waals surface area contributed by atoms with Crippen LogP contribution >= 0.6 is 0 Å². The summed E-state index contributed by atoms with van der Waals surface area (Å²) in [5, 5.41) is 14.8. The number of hydrogen-bond acceptors (Lipinski definition) is 4. The van der Waals surface area contributed by atoms with Gasteiger partial charge in [0.25, 0.3) is 11.6 Å². The lowest BCUT2D eigenvalue weighted by atomic mass is 10.2. The van der Waals surface area contributed by atoms with Crippen LogP contribution in [0.4, 0.5) is 10.5 Å². The summed E-state index contributed by atoms with van der Waals surface area (Å²) in [7, 11) is 0. The number of nitrogens with one attached hydrogen (secondary N) is 2. The monoisotopic (exact) mass is 233 g/mol. The van der Waals surface area contributed by atoms with E-state index in [1.807, 2.05) is 0 Å². The summed E-state index contributed by atoms with van der Waals surface area (Å²) in [6.45, 7) is 0. The molecule has 0 aliphatic carbocycles. The molecule has 7 heteroatoms. The molecule has 17 heavy (non-hydrogen) atoms. The molecule has 0 spiro atoms. The number of imide groups is 1. The highest BCUT2D eigenvalue weighted by atomic mass is 16.6. The Bertz CT molecular complexity index is 533. The normalized spacial score (nSPS) is 16.8. The van der Waals surface area contributed by atoms with E-state index in [-0.39, 0.29) is 11.4 Å². The van der Waals surface area contributed by atoms with Gasteiger partial charge in [-0.05, 0) is 23.8 Å². The average molecular weight is 233 g/mol. The summed E-state index contributed by atoms with van der Waals surface area (Å²) in [5.41, 5.74) is 0.666. The van der Waals surface area contributed by atoms with E-state index >= 15 is 0 Å². The van der Waals surface area contributed by atoms with Crippen molar-refractivity contribution < 1.29 is 14.5 Å². The number of hydrogen-bond donors (Lipinski definition) is 2. The maximum Gasteiger partial charge on any atom is 0.326 e. The standard InChI is InChI=1S/C10H7N3O4/c14-9-8(11-10(15)12-9)5-6-1-3-7(4-2-6)13(16)17/h1-5H,(H2,11,12,14,15). The number of carbonyl (C=O) groups is 2. The molecule has 0 atom stereocenters. The highest BCUT2D eigenvalue weighted by molar-refractivity contribution is 6.13. The third-order valence-corrected chi connectivity index (χ3v) is 2.13. The molecular weight excluding hydrogens is 226 g/mol. The van der Waals surface area contributed by atoms with Crippen LogP contribution in [0.3, 0.4) is 0 Å². The zero-order chi connectivity index (χ0) is 12.4. The maximum absolute atomic E-state index is 11.2. The van der Waals surface area contributed by atoms with Gasteiger partial charge in [0.15, 0.2) is 0 Å². The van der Waals surface area contributed by atoms with Crippen molar-refractivity contribution in [2.24, 2.45) is 0 Å². The number of nitro benzene ring substituents is 1. The molecule has 1 aliphatic heterocycles. The first-order chi connectivity index (χ1) is 8.06. The first-order valence-corrected chi connectivity index (χ1v) is 4.65. The topological polar surface area (TPSA) is 101 Å². The summed E-state index contributed by atoms with van der Waals surface area (Å²) in [6, 6.07) is 5.04. The first-order valence-electron chi connectivity index (χ1n) is 4.65. The zero-order valence-electron chi connectivity index (χ0n) is 8.47. The number of non-ortho nitro benzene ring substituents is 1. The van der Waals surface area contributed by atoms with Crippen molar-refractivity contribution in [2.75, 3.05) is 0 Å². The van der Waals surface area contributed by atoms with Crippen LogP contribution < -0.4 is 10.6 Å². The van der Waals surface area contributed by atoms with Crippen molar-refractivity contribution in [2.45, 2.75) is 0 Å². The highest BCUT2D eigenvalue weighted by Crippen LogP contribution is 2.14. The van der Waals surface area contributed by atoms with E-state index in [9.17, 15) is 19.7 Å². The number of carbonyl (C=O) groups excluding carboxylic acids is 2. The number of nitro groups is 1. The molecule has 1 saturated heterocycles. The Balaban J connectivity index is 2.24. The lowest BCUT2D eigenvalue weighted by Crippen LogP contribution is -2.22. The van der Waals surface area contributed by atoms with Gasteiger partial charge in [0.1, 0.15) is 5.70 Å². The molecule has 0 radical (unpaired) electrons. The number of benzene rings is 1. The van der Waals surface area contributed by atoms with Crippen LogP contribution in [0.2, 0.25) is 0 Å². The number of rotatable bonds is 2. The van der Waals surface area contributed by atoms with Crippen molar-refractivity contribution in [1.29, 1.82) is 0 Å². The van der Waals surface area contributed by atoms with Gasteiger partial charge in [-0.3, -0.25) is 20.2 Å². The Labute approximate surface area is 95.3 Å². The van der Waals surface area contributed by atoms with Gasteiger partial charge >= 0.3 is 6.03 Å². The van der Waals surface area contributed by atoms with Gasteiger partial charge in [0.05, 0.1) is 4.92 Å². The van der Waals surface area contributed by atoms with Crippen LogP contribution in [0.25, 0.3) is 6.08 Å². The molecule has 1 heterocycles. The van der Waals surface area contributed by atoms with Crippen LogP contribution in [-0.4, -0.2) is 16.9 Å². The van der Waals surface area contributed by atoms with E-state index < -0.39 is 16.9 Å². The van der Waals surface area contributed by atoms with Crippen LogP contribution in [0.15, 0.2) is 30.0 Å². The summed E-state index contributed by atoms with van der Waals surface area (Å²) in [5.74, 6) is -0.520. The second-order valence-electron chi connectivity index (χ2n) is 3.31. The van der Waals surface area contributed by atoms with Crippen molar-refractivity contribution in [3.63, 3.8) is 0 Å². The third-order valence-electron chi connectivity index (χ3n) is 2.13. The molecule has 1 aliphatic rings. The predicted molar refractivity (Wildman–Crippen MR) is 57.7 cm³/mol. The first kappa shape index (κ1) is 10.8. The van der Waals surface area contributed by atoms with Crippen molar-refractivity contribution in [1.82, 2.24) is 10.6 Å². The molecule has 2 N–H and O–H groups in total. The third kappa shape index (κ3) is 2.28. The minimum atomic E-state index is -0.580. The number of nitrogens with zero attached hydrogens (tertiary/aromatic N) is 1. The fourth-order valence-electron chi connectivity index (χ4n) is 1.34. The molecule has 0 bridgehead atoms. The minimum absolute atomic E-state index is 0.0351. The molecular formula is C10H7N3O4. The fourth-order valence-corrected chi connectivity index (χ4v) is 1.34. The van der Waals surface area contributed by atoms with Gasteiger partial charge in [0, 0.05) is 12.1 Å². The average Bonchev–Trinajstić information content (AvgIpc) is 2.58. The lowest BCUT2D eigenvalue weighted by molar-refractivity contribution is -0.384. The SMILES string of the molecule is O=C1NC(=O)C(=Cc2ccc([N+](=O)[O-])cc2)N1. The summed E-state index contributed by atoms with van der Waals surface area (Å²) < 4.78 is 0. The lowest BCUT2D eigenvalue weighted by Gasteiger charge is -1.95. The molecule has 7 nitrogen and oxygen atoms in total. The predicted octanol–water partition coefficient (Wildman–Crippen LogP) is 0.775. The fraction of sp³-hybridized carbons (Fsp3) is 0. The Hall–Kier alpha value is -2.70. The van der Waals surface area contributed by atoms with Crippen LogP contribution in [0.1, 0.15) is 5.56 Å². The molecule has 86 valence electrons. The van der Waals surface area contributed by atoms with Gasteiger partial charge < -0.3 is 5.32 Å². The number of urea groups is 1. The van der Waals surface area contributed by atoms with Gasteiger partial charge in [0.2, 0.25) is 0 Å². The Kier molecular flexibility index (Phi) is 2.57. The van der Waals surface area contributed by atoms with E-state index in [0.717, 1.165) is 0 Å². The quantitative estimate of drug-likeness (QED) is 0.341. The molecule has 3 amide bonds. The minimum Gasteiger partial charge on any atom is -0.303 e. The second-order valence-corrected chi connectivity index (χ2v) is 3.31. The van der Waals surface area contributed by atoms with E-state index in [0.29, 0.717) is 5.56 Å². The maximum atomic E-state index is 11.2. The van der Waals surface area contributed by atoms with Crippen molar-refractivity contribution in [3.05, 3.63) is 45.6 Å². The number of amides is 3. The molecule has 2 rings (SSSR count). The Morgan fingerprint density at radius 2 is 1.76 bits per heavy atom. The van der Waals surface area contributed by atoms with E-state index in [2.05, 4.69) is 10.6 Å². The van der Waals surface area contributed by atoms with Crippen LogP contribution in [-0.2, 0) is 4.79 Å². The van der Waals surface area contributed by atoms with Gasteiger partial charge in [-0.15, -0.1) is 0 Å². The smallest absolute Gasteiger partial charge is 0.303 e. The molecule has 1 fully saturated rings. The summed E-state index contributed by atoms with van der Waals surface area (Å²) in [4.78, 5) is 31.9. The van der Waals surface area contributed by atoms with Crippen LogP contribution in [0.5, 0.6) is 0 Å². The molecule has 0 aromatic heterocycles. The van der Waals surface area contributed by atoms with Crippen molar-refractivity contribution in [3.8, 4) is 0 Å². The molecule has 1 aromatic rings. The summed E-state index contributed by atoms with van der Waals surface area (Å²) in [6.07, 6.45) is 1.43. The molecule has 0 saturated carbocycles. The second kappa shape index (κ2) is 4.05. The summed E-state index contributed by atoms with van der Waals surface area (Å²) >= 11 is 0. The van der Waals surface area contributed by atoms with Crippen molar-refractivity contribution >= 4 is 23.7 Å². The largest absolute Gasteiger partial charge is 0.326 e. The Morgan fingerprint density at radius 1 is 1.12 bits per heavy atom. The van der Waals surface area contributed by atoms with Crippen LogP contribution in [0, 0.1) is 10.1 Å².